The Bertz CT molecular complexity index is 577. The third-order valence-corrected chi connectivity index (χ3v) is 3.69. The maximum Gasteiger partial charge on any atom is 0.410 e. The van der Waals surface area contributed by atoms with Crippen LogP contribution in [-0.4, -0.2) is 36.4 Å². The standard InChI is InChI=1S/C19H29NO4/c1-6-7-9-22-16-11-14(2)12-17-15(16)13-20(8-10-23-17)18(21)24-19(3,4)5/h11-12H,6-10,13H2,1-5H3. The van der Waals surface area contributed by atoms with E-state index in [1.54, 1.807) is 4.90 Å². The highest BCUT2D eigenvalue weighted by Gasteiger charge is 2.27. The van der Waals surface area contributed by atoms with E-state index in [0.29, 0.717) is 26.3 Å². The van der Waals surface area contributed by atoms with Crippen LogP contribution in [0.2, 0.25) is 0 Å². The largest absolute Gasteiger partial charge is 0.493 e. The van der Waals surface area contributed by atoms with E-state index in [4.69, 9.17) is 14.2 Å². The molecule has 1 amide bonds. The average Bonchev–Trinajstić information content (AvgIpc) is 2.68. The van der Waals surface area contributed by atoms with Gasteiger partial charge in [-0.25, -0.2) is 4.79 Å². The second-order valence-corrected chi connectivity index (χ2v) is 7.19. The molecule has 0 saturated heterocycles. The van der Waals surface area contributed by atoms with E-state index in [1.807, 2.05) is 39.8 Å². The number of carbonyl (C=O) groups is 1. The highest BCUT2D eigenvalue weighted by atomic mass is 16.6. The number of fused-ring (bicyclic) bond motifs is 1. The van der Waals surface area contributed by atoms with Gasteiger partial charge in [-0.15, -0.1) is 0 Å². The van der Waals surface area contributed by atoms with E-state index < -0.39 is 5.60 Å². The fraction of sp³-hybridized carbons (Fsp3) is 0.632. The van der Waals surface area contributed by atoms with Crippen LogP contribution in [0, 0.1) is 6.92 Å². The Hall–Kier alpha value is -1.91. The van der Waals surface area contributed by atoms with Crippen molar-refractivity contribution >= 4 is 6.09 Å². The summed E-state index contributed by atoms with van der Waals surface area (Å²) >= 11 is 0. The summed E-state index contributed by atoms with van der Waals surface area (Å²) < 4.78 is 17.3. The average molecular weight is 335 g/mol. The molecule has 0 spiro atoms. The summed E-state index contributed by atoms with van der Waals surface area (Å²) in [7, 11) is 0. The van der Waals surface area contributed by atoms with Crippen LogP contribution in [0.5, 0.6) is 11.5 Å². The van der Waals surface area contributed by atoms with Crippen molar-refractivity contribution in [1.29, 1.82) is 0 Å². The molecule has 1 aliphatic rings. The molecule has 0 bridgehead atoms. The number of benzene rings is 1. The van der Waals surface area contributed by atoms with Crippen molar-refractivity contribution in [3.63, 3.8) is 0 Å². The molecule has 2 rings (SSSR count). The minimum absolute atomic E-state index is 0.320. The topological polar surface area (TPSA) is 48.0 Å². The van der Waals surface area contributed by atoms with Crippen molar-refractivity contribution in [2.75, 3.05) is 19.8 Å². The number of carbonyl (C=O) groups excluding carboxylic acids is 1. The molecule has 0 N–H and O–H groups in total. The molecule has 0 saturated carbocycles. The number of rotatable bonds is 4. The predicted molar refractivity (Wildman–Crippen MR) is 93.7 cm³/mol. The van der Waals surface area contributed by atoms with Gasteiger partial charge in [0.1, 0.15) is 23.7 Å². The van der Waals surface area contributed by atoms with Gasteiger partial charge in [-0.3, -0.25) is 0 Å². The van der Waals surface area contributed by atoms with Gasteiger partial charge in [0, 0.05) is 0 Å². The molecule has 5 heteroatoms. The second kappa shape index (κ2) is 7.77. The van der Waals surface area contributed by atoms with E-state index in [9.17, 15) is 4.79 Å². The Kier molecular flexibility index (Phi) is 5.97. The molecular formula is C19H29NO4. The van der Waals surface area contributed by atoms with Gasteiger partial charge in [-0.05, 0) is 51.8 Å². The Labute approximate surface area is 144 Å². The number of unbranched alkanes of at least 4 members (excludes halogenated alkanes) is 1. The van der Waals surface area contributed by atoms with Gasteiger partial charge in [0.05, 0.1) is 25.3 Å². The lowest BCUT2D eigenvalue weighted by Crippen LogP contribution is -2.37. The number of nitrogens with zero attached hydrogens (tertiary/aromatic N) is 1. The van der Waals surface area contributed by atoms with Crippen molar-refractivity contribution in [2.24, 2.45) is 0 Å². The van der Waals surface area contributed by atoms with Gasteiger partial charge in [0.15, 0.2) is 0 Å². The van der Waals surface area contributed by atoms with Gasteiger partial charge in [0.25, 0.3) is 0 Å². The molecule has 0 aromatic heterocycles. The molecule has 1 aromatic rings. The minimum atomic E-state index is -0.513. The van der Waals surface area contributed by atoms with Crippen molar-refractivity contribution < 1.29 is 19.0 Å². The van der Waals surface area contributed by atoms with Gasteiger partial charge < -0.3 is 19.1 Å². The summed E-state index contributed by atoms with van der Waals surface area (Å²) in [6.07, 6.45) is 1.76. The molecule has 24 heavy (non-hydrogen) atoms. The zero-order valence-corrected chi connectivity index (χ0v) is 15.5. The van der Waals surface area contributed by atoms with E-state index in [1.165, 1.54) is 0 Å². The summed E-state index contributed by atoms with van der Waals surface area (Å²) in [6, 6.07) is 4.01. The van der Waals surface area contributed by atoms with E-state index in [-0.39, 0.29) is 6.09 Å². The van der Waals surface area contributed by atoms with Crippen LogP contribution in [0.25, 0.3) is 0 Å². The summed E-state index contributed by atoms with van der Waals surface area (Å²) in [6.45, 7) is 11.8. The Morgan fingerprint density at radius 1 is 1.33 bits per heavy atom. The summed E-state index contributed by atoms with van der Waals surface area (Å²) in [4.78, 5) is 14.1. The monoisotopic (exact) mass is 335 g/mol. The van der Waals surface area contributed by atoms with Crippen LogP contribution in [-0.2, 0) is 11.3 Å². The zero-order valence-electron chi connectivity index (χ0n) is 15.5. The third kappa shape index (κ3) is 5.05. The van der Waals surface area contributed by atoms with Crippen LogP contribution in [0.3, 0.4) is 0 Å². The summed E-state index contributed by atoms with van der Waals surface area (Å²) in [5.41, 5.74) is 1.49. The molecule has 134 valence electrons. The maximum absolute atomic E-state index is 12.4. The normalized spacial score (nSPS) is 14.5. The number of aryl methyl sites for hydroxylation is 1. The fourth-order valence-corrected chi connectivity index (χ4v) is 2.51. The molecule has 0 aliphatic carbocycles. The molecule has 0 atom stereocenters. The Balaban J connectivity index is 2.22. The summed E-state index contributed by atoms with van der Waals surface area (Å²) in [5, 5.41) is 0. The van der Waals surface area contributed by atoms with Gasteiger partial charge in [0.2, 0.25) is 0 Å². The molecule has 1 aliphatic heterocycles. The van der Waals surface area contributed by atoms with Gasteiger partial charge in [-0.1, -0.05) is 13.3 Å². The quantitative estimate of drug-likeness (QED) is 0.770. The fourth-order valence-electron chi connectivity index (χ4n) is 2.51. The SMILES string of the molecule is CCCCOc1cc(C)cc2c1CN(C(=O)OC(C)(C)C)CCO2. The van der Waals surface area contributed by atoms with Crippen LogP contribution in [0.15, 0.2) is 12.1 Å². The maximum atomic E-state index is 12.4. The first kappa shape index (κ1) is 18.4. The number of hydrogen-bond acceptors (Lipinski definition) is 4. The molecular weight excluding hydrogens is 306 g/mol. The van der Waals surface area contributed by atoms with Crippen LogP contribution >= 0.6 is 0 Å². The van der Waals surface area contributed by atoms with Crippen LogP contribution < -0.4 is 9.47 Å². The smallest absolute Gasteiger partial charge is 0.410 e. The highest BCUT2D eigenvalue weighted by Crippen LogP contribution is 2.34. The second-order valence-electron chi connectivity index (χ2n) is 7.19. The van der Waals surface area contributed by atoms with Crippen LogP contribution in [0.4, 0.5) is 4.79 Å². The summed E-state index contributed by atoms with van der Waals surface area (Å²) in [5.74, 6) is 1.60. The highest BCUT2D eigenvalue weighted by molar-refractivity contribution is 5.69. The number of amides is 1. The Morgan fingerprint density at radius 2 is 2.08 bits per heavy atom. The minimum Gasteiger partial charge on any atom is -0.493 e. The van der Waals surface area contributed by atoms with Crippen molar-refractivity contribution in [2.45, 2.75) is 59.6 Å². The molecule has 1 aromatic carbocycles. The Morgan fingerprint density at radius 3 is 2.75 bits per heavy atom. The van der Waals surface area contributed by atoms with E-state index in [0.717, 1.165) is 35.5 Å². The molecule has 0 unspecified atom stereocenters. The van der Waals surface area contributed by atoms with E-state index in [2.05, 4.69) is 6.92 Å². The lowest BCUT2D eigenvalue weighted by Gasteiger charge is -2.26. The molecule has 0 radical (unpaired) electrons. The van der Waals surface area contributed by atoms with Gasteiger partial charge >= 0.3 is 6.09 Å². The predicted octanol–water partition coefficient (Wildman–Crippen LogP) is 4.30. The van der Waals surface area contributed by atoms with Crippen molar-refractivity contribution in [3.05, 3.63) is 23.3 Å². The zero-order chi connectivity index (χ0) is 17.7. The van der Waals surface area contributed by atoms with Crippen molar-refractivity contribution in [1.82, 2.24) is 4.90 Å². The lowest BCUT2D eigenvalue weighted by atomic mass is 10.1. The number of hydrogen-bond donors (Lipinski definition) is 0. The number of ether oxygens (including phenoxy) is 3. The first-order chi connectivity index (χ1) is 11.3. The van der Waals surface area contributed by atoms with Crippen molar-refractivity contribution in [3.8, 4) is 11.5 Å². The third-order valence-electron chi connectivity index (χ3n) is 3.69. The lowest BCUT2D eigenvalue weighted by molar-refractivity contribution is 0.0224. The molecule has 0 fully saturated rings. The first-order valence-electron chi connectivity index (χ1n) is 8.67. The molecule has 5 nitrogen and oxygen atoms in total. The molecule has 1 heterocycles. The van der Waals surface area contributed by atoms with E-state index >= 15 is 0 Å². The first-order valence-corrected chi connectivity index (χ1v) is 8.67. The van der Waals surface area contributed by atoms with Crippen LogP contribution in [0.1, 0.15) is 51.7 Å². The van der Waals surface area contributed by atoms with Gasteiger partial charge in [-0.2, -0.15) is 0 Å².